The van der Waals surface area contributed by atoms with Crippen LogP contribution in [0.4, 0.5) is 5.69 Å². The lowest BCUT2D eigenvalue weighted by molar-refractivity contribution is 0.0950. The molecule has 104 valence electrons. The third-order valence-electron chi connectivity index (χ3n) is 2.79. The summed E-state index contributed by atoms with van der Waals surface area (Å²) in [5.74, 6) is -0.115. The minimum Gasteiger partial charge on any atom is -0.385 e. The van der Waals surface area contributed by atoms with Crippen LogP contribution in [0.15, 0.2) is 36.7 Å². The van der Waals surface area contributed by atoms with Crippen molar-refractivity contribution in [3.8, 4) is 0 Å². The van der Waals surface area contributed by atoms with Gasteiger partial charge >= 0.3 is 0 Å². The summed E-state index contributed by atoms with van der Waals surface area (Å²) < 4.78 is 0. The van der Waals surface area contributed by atoms with Crippen molar-refractivity contribution in [3.05, 3.63) is 53.6 Å². The van der Waals surface area contributed by atoms with Gasteiger partial charge in [-0.2, -0.15) is 0 Å². The van der Waals surface area contributed by atoms with E-state index in [2.05, 4.69) is 20.6 Å². The number of benzene rings is 1. The number of aryl methyl sites for hydroxylation is 1. The van der Waals surface area contributed by atoms with Crippen LogP contribution in [0.2, 0.25) is 0 Å². The minimum absolute atomic E-state index is 0.115. The van der Waals surface area contributed by atoms with E-state index in [0.717, 1.165) is 23.6 Å². The van der Waals surface area contributed by atoms with Gasteiger partial charge in [0, 0.05) is 24.0 Å². The second kappa shape index (κ2) is 6.65. The fraction of sp³-hybridized carbons (Fsp3) is 0.267. The third-order valence-corrected chi connectivity index (χ3v) is 2.79. The molecule has 2 aromatic rings. The first-order chi connectivity index (χ1) is 9.69. The molecule has 0 bridgehead atoms. The van der Waals surface area contributed by atoms with Crippen molar-refractivity contribution in [3.63, 3.8) is 0 Å². The molecule has 1 heterocycles. The molecular weight excluding hydrogens is 252 g/mol. The topological polar surface area (TPSA) is 66.9 Å². The Morgan fingerprint density at radius 2 is 1.90 bits per heavy atom. The Labute approximate surface area is 118 Å². The highest BCUT2D eigenvalue weighted by Gasteiger charge is 2.05. The van der Waals surface area contributed by atoms with Gasteiger partial charge in [0.2, 0.25) is 0 Å². The van der Waals surface area contributed by atoms with E-state index in [1.165, 1.54) is 0 Å². The van der Waals surface area contributed by atoms with Crippen molar-refractivity contribution >= 4 is 11.6 Å². The summed E-state index contributed by atoms with van der Waals surface area (Å²) >= 11 is 0. The van der Waals surface area contributed by atoms with Gasteiger partial charge in [-0.15, -0.1) is 0 Å². The molecule has 5 heteroatoms. The number of nitrogens with zero attached hydrogens (tertiary/aromatic N) is 2. The maximum absolute atomic E-state index is 12.0. The zero-order chi connectivity index (χ0) is 14.4. The lowest BCUT2D eigenvalue weighted by atomic mass is 10.2. The van der Waals surface area contributed by atoms with Crippen LogP contribution in [0, 0.1) is 6.92 Å². The van der Waals surface area contributed by atoms with Gasteiger partial charge < -0.3 is 10.6 Å². The Hall–Kier alpha value is -2.43. The van der Waals surface area contributed by atoms with Gasteiger partial charge in [-0.3, -0.25) is 14.8 Å². The van der Waals surface area contributed by atoms with Gasteiger partial charge in [-0.05, 0) is 38.1 Å². The highest BCUT2D eigenvalue weighted by atomic mass is 16.1. The monoisotopic (exact) mass is 270 g/mol. The third kappa shape index (κ3) is 3.78. The minimum atomic E-state index is -0.115. The number of anilines is 1. The quantitative estimate of drug-likeness (QED) is 0.873. The molecule has 2 rings (SSSR count). The molecule has 1 aromatic heterocycles. The van der Waals surface area contributed by atoms with Crippen LogP contribution in [0.5, 0.6) is 0 Å². The fourth-order valence-corrected chi connectivity index (χ4v) is 1.73. The second-order valence-corrected chi connectivity index (χ2v) is 4.44. The Bertz CT molecular complexity index is 563. The molecule has 0 radical (unpaired) electrons. The van der Waals surface area contributed by atoms with E-state index in [-0.39, 0.29) is 5.91 Å². The van der Waals surface area contributed by atoms with Gasteiger partial charge in [-0.25, -0.2) is 0 Å². The Kier molecular flexibility index (Phi) is 4.65. The van der Waals surface area contributed by atoms with Crippen LogP contribution >= 0.6 is 0 Å². The molecular formula is C15H18N4O. The van der Waals surface area contributed by atoms with Crippen molar-refractivity contribution in [2.75, 3.05) is 11.9 Å². The zero-order valence-corrected chi connectivity index (χ0v) is 11.7. The molecule has 20 heavy (non-hydrogen) atoms. The lowest BCUT2D eigenvalue weighted by Crippen LogP contribution is -2.23. The summed E-state index contributed by atoms with van der Waals surface area (Å²) in [6.45, 7) is 5.14. The van der Waals surface area contributed by atoms with Crippen molar-refractivity contribution in [2.24, 2.45) is 0 Å². The van der Waals surface area contributed by atoms with Gasteiger partial charge in [0.15, 0.2) is 0 Å². The van der Waals surface area contributed by atoms with Gasteiger partial charge in [0.1, 0.15) is 0 Å². The number of carbonyl (C=O) groups is 1. The average molecular weight is 270 g/mol. The Morgan fingerprint density at radius 3 is 2.50 bits per heavy atom. The molecule has 0 aliphatic rings. The van der Waals surface area contributed by atoms with Crippen LogP contribution in [-0.4, -0.2) is 22.4 Å². The number of rotatable bonds is 5. The largest absolute Gasteiger partial charge is 0.385 e. The number of carbonyl (C=O) groups excluding carboxylic acids is 1. The van der Waals surface area contributed by atoms with Crippen molar-refractivity contribution in [2.45, 2.75) is 20.4 Å². The molecule has 5 nitrogen and oxygen atoms in total. The van der Waals surface area contributed by atoms with Gasteiger partial charge in [-0.1, -0.05) is 0 Å². The van der Waals surface area contributed by atoms with Crippen LogP contribution in [-0.2, 0) is 6.54 Å². The van der Waals surface area contributed by atoms with E-state index < -0.39 is 0 Å². The zero-order valence-electron chi connectivity index (χ0n) is 11.7. The molecule has 0 aliphatic heterocycles. The summed E-state index contributed by atoms with van der Waals surface area (Å²) in [5.41, 5.74) is 3.24. The Balaban J connectivity index is 1.92. The Morgan fingerprint density at radius 1 is 1.15 bits per heavy atom. The molecule has 0 saturated heterocycles. The first-order valence-electron chi connectivity index (χ1n) is 6.58. The van der Waals surface area contributed by atoms with Crippen LogP contribution < -0.4 is 10.6 Å². The number of nitrogens with one attached hydrogen (secondary N) is 2. The molecule has 0 fully saturated rings. The van der Waals surface area contributed by atoms with Crippen LogP contribution in [0.25, 0.3) is 0 Å². The van der Waals surface area contributed by atoms with Gasteiger partial charge in [0.05, 0.1) is 24.1 Å². The highest BCUT2D eigenvalue weighted by molar-refractivity contribution is 5.94. The van der Waals surface area contributed by atoms with Crippen molar-refractivity contribution in [1.29, 1.82) is 0 Å². The van der Waals surface area contributed by atoms with E-state index >= 15 is 0 Å². The number of aromatic nitrogens is 2. The van der Waals surface area contributed by atoms with Crippen molar-refractivity contribution < 1.29 is 4.79 Å². The maximum atomic E-state index is 12.0. The molecule has 2 N–H and O–H groups in total. The van der Waals surface area contributed by atoms with E-state index in [9.17, 15) is 4.79 Å². The first kappa shape index (κ1) is 14.0. The van der Waals surface area contributed by atoms with Crippen molar-refractivity contribution in [1.82, 2.24) is 15.3 Å². The summed E-state index contributed by atoms with van der Waals surface area (Å²) in [4.78, 5) is 20.3. The van der Waals surface area contributed by atoms with E-state index in [4.69, 9.17) is 0 Å². The van der Waals surface area contributed by atoms with E-state index in [1.807, 2.05) is 26.0 Å². The molecule has 1 aromatic carbocycles. The predicted molar refractivity (Wildman–Crippen MR) is 78.5 cm³/mol. The molecule has 0 spiro atoms. The van der Waals surface area contributed by atoms with Crippen LogP contribution in [0.1, 0.15) is 28.7 Å². The number of hydrogen-bond donors (Lipinski definition) is 2. The molecule has 1 amide bonds. The molecule has 0 atom stereocenters. The first-order valence-corrected chi connectivity index (χ1v) is 6.58. The molecule has 0 aliphatic carbocycles. The van der Waals surface area contributed by atoms with E-state index in [1.54, 1.807) is 24.5 Å². The molecule has 0 unspecified atom stereocenters. The number of hydrogen-bond acceptors (Lipinski definition) is 4. The summed E-state index contributed by atoms with van der Waals surface area (Å²) in [6, 6.07) is 7.39. The summed E-state index contributed by atoms with van der Waals surface area (Å²) in [7, 11) is 0. The number of amides is 1. The SMILES string of the molecule is CCNc1ccc(C(=O)NCc2cnc(C)cn2)cc1. The maximum Gasteiger partial charge on any atom is 0.251 e. The fourth-order valence-electron chi connectivity index (χ4n) is 1.73. The lowest BCUT2D eigenvalue weighted by Gasteiger charge is -2.06. The summed E-state index contributed by atoms with van der Waals surface area (Å²) in [6.07, 6.45) is 3.36. The predicted octanol–water partition coefficient (Wildman–Crippen LogP) is 2.15. The smallest absolute Gasteiger partial charge is 0.251 e. The average Bonchev–Trinajstić information content (AvgIpc) is 2.47. The standard InChI is InChI=1S/C15H18N4O/c1-3-16-13-6-4-12(5-7-13)15(20)19-10-14-9-17-11(2)8-18-14/h4-9,16H,3,10H2,1-2H3,(H,19,20). The van der Waals surface area contributed by atoms with Gasteiger partial charge in [0.25, 0.3) is 5.91 Å². The van der Waals surface area contributed by atoms with E-state index in [0.29, 0.717) is 12.1 Å². The molecule has 0 saturated carbocycles. The second-order valence-electron chi connectivity index (χ2n) is 4.44. The normalized spacial score (nSPS) is 10.1. The highest BCUT2D eigenvalue weighted by Crippen LogP contribution is 2.09. The summed E-state index contributed by atoms with van der Waals surface area (Å²) in [5, 5.41) is 6.01. The van der Waals surface area contributed by atoms with Crippen LogP contribution in [0.3, 0.4) is 0 Å².